The van der Waals surface area contributed by atoms with Gasteiger partial charge in [0.1, 0.15) is 16.9 Å². The van der Waals surface area contributed by atoms with E-state index in [0.717, 1.165) is 42.1 Å². The quantitative estimate of drug-likeness (QED) is 0.246. The molecule has 1 saturated heterocycles. The van der Waals surface area contributed by atoms with E-state index in [1.54, 1.807) is 11.1 Å². The molecule has 6 rings (SSSR count). The lowest BCUT2D eigenvalue weighted by atomic mass is 10.1. The van der Waals surface area contributed by atoms with Gasteiger partial charge in [-0.25, -0.2) is 19.7 Å². The van der Waals surface area contributed by atoms with E-state index in [1.165, 1.54) is 6.92 Å². The van der Waals surface area contributed by atoms with Crippen LogP contribution in [0.25, 0.3) is 39.5 Å². The fraction of sp³-hybridized carbons (Fsp3) is 0.286. The van der Waals surface area contributed by atoms with Gasteiger partial charge in [0.2, 0.25) is 5.91 Å². The number of nitrogens with one attached hydrogen (secondary N) is 1. The van der Waals surface area contributed by atoms with Gasteiger partial charge in [0.05, 0.1) is 11.3 Å². The first-order chi connectivity index (χ1) is 22.0. The maximum atomic E-state index is 12.5. The van der Waals surface area contributed by atoms with Crippen LogP contribution < -0.4 is 11.1 Å². The zero-order valence-corrected chi connectivity index (χ0v) is 26.5. The molecule has 2 aromatic carbocycles. The van der Waals surface area contributed by atoms with Crippen molar-refractivity contribution in [3.63, 3.8) is 0 Å². The van der Waals surface area contributed by atoms with Crippen molar-refractivity contribution in [1.82, 2.24) is 29.3 Å². The summed E-state index contributed by atoms with van der Waals surface area (Å²) in [5, 5.41) is 2.84. The summed E-state index contributed by atoms with van der Waals surface area (Å²) < 4.78 is 7.55. The van der Waals surface area contributed by atoms with Gasteiger partial charge in [-0.3, -0.25) is 14.3 Å². The van der Waals surface area contributed by atoms with Crippen molar-refractivity contribution in [2.24, 2.45) is 0 Å². The molecule has 0 spiro atoms. The maximum Gasteiger partial charge on any atom is 0.410 e. The number of anilines is 2. The van der Waals surface area contributed by atoms with Crippen LogP contribution >= 0.6 is 0 Å². The minimum absolute atomic E-state index is 0.135. The molecule has 46 heavy (non-hydrogen) atoms. The summed E-state index contributed by atoms with van der Waals surface area (Å²) in [6, 6.07) is 23.6. The number of carbonyl (C=O) groups excluding carboxylic acids is 2. The predicted molar refractivity (Wildman–Crippen MR) is 179 cm³/mol. The zero-order valence-electron chi connectivity index (χ0n) is 26.5. The van der Waals surface area contributed by atoms with E-state index < -0.39 is 5.60 Å². The molecular weight excluding hydrogens is 580 g/mol. The largest absolute Gasteiger partial charge is 0.444 e. The summed E-state index contributed by atoms with van der Waals surface area (Å²) in [4.78, 5) is 42.5. The van der Waals surface area contributed by atoms with E-state index in [-0.39, 0.29) is 12.0 Å². The average molecular weight is 619 g/mol. The van der Waals surface area contributed by atoms with Gasteiger partial charge in [-0.1, -0.05) is 24.3 Å². The van der Waals surface area contributed by atoms with Crippen molar-refractivity contribution in [3.05, 3.63) is 84.6 Å². The third-order valence-electron chi connectivity index (χ3n) is 7.69. The number of imidazole rings is 1. The number of pyridine rings is 2. The van der Waals surface area contributed by atoms with Gasteiger partial charge in [-0.2, -0.15) is 0 Å². The van der Waals surface area contributed by atoms with Crippen LogP contribution in [-0.2, 0) is 16.1 Å². The van der Waals surface area contributed by atoms with Gasteiger partial charge in [0, 0.05) is 62.8 Å². The van der Waals surface area contributed by atoms with Gasteiger partial charge in [0.25, 0.3) is 0 Å². The summed E-state index contributed by atoms with van der Waals surface area (Å²) in [5.41, 5.74) is 12.3. The van der Waals surface area contributed by atoms with Crippen LogP contribution in [0, 0.1) is 0 Å². The second-order valence-corrected chi connectivity index (χ2v) is 12.4. The monoisotopic (exact) mass is 618 g/mol. The predicted octanol–water partition coefficient (Wildman–Crippen LogP) is 5.74. The lowest BCUT2D eigenvalue weighted by Crippen LogP contribution is -2.49. The topological polar surface area (TPSA) is 132 Å². The number of rotatable bonds is 6. The molecule has 1 aliphatic heterocycles. The van der Waals surface area contributed by atoms with Crippen LogP contribution in [0.1, 0.15) is 33.3 Å². The molecule has 0 unspecified atom stereocenters. The number of ether oxygens (including phenoxy) is 1. The number of aromatic nitrogens is 4. The molecule has 3 aromatic heterocycles. The van der Waals surface area contributed by atoms with E-state index >= 15 is 0 Å². The highest BCUT2D eigenvalue weighted by Gasteiger charge is 2.26. The minimum Gasteiger partial charge on any atom is -0.444 e. The maximum absolute atomic E-state index is 12.5. The molecule has 4 heterocycles. The summed E-state index contributed by atoms with van der Waals surface area (Å²) in [7, 11) is 0. The van der Waals surface area contributed by atoms with E-state index in [9.17, 15) is 9.59 Å². The summed E-state index contributed by atoms with van der Waals surface area (Å²) >= 11 is 0. The lowest BCUT2D eigenvalue weighted by molar-refractivity contribution is -0.114. The number of nitrogen functional groups attached to an aromatic ring is 1. The number of piperazine rings is 1. The normalized spacial score (nSPS) is 14.0. The summed E-state index contributed by atoms with van der Waals surface area (Å²) in [6.45, 7) is 10.7. The van der Waals surface area contributed by atoms with E-state index in [0.29, 0.717) is 47.1 Å². The summed E-state index contributed by atoms with van der Waals surface area (Å²) in [5.74, 6) is 0.886. The molecule has 1 fully saturated rings. The smallest absolute Gasteiger partial charge is 0.410 e. The Labute approximate surface area is 268 Å². The van der Waals surface area contributed by atoms with E-state index in [1.807, 2.05) is 73.9 Å². The van der Waals surface area contributed by atoms with Gasteiger partial charge < -0.3 is 20.7 Å². The highest BCUT2D eigenvalue weighted by molar-refractivity contribution is 5.90. The number of fused-ring (bicyclic) bond motifs is 1. The van der Waals surface area contributed by atoms with Crippen LogP contribution in [0.4, 0.5) is 16.3 Å². The van der Waals surface area contributed by atoms with Crippen molar-refractivity contribution in [3.8, 4) is 28.3 Å². The lowest BCUT2D eigenvalue weighted by Gasteiger charge is -2.35. The Bertz CT molecular complexity index is 1890. The molecule has 1 aliphatic rings. The number of carbonyl (C=O) groups is 2. The second kappa shape index (κ2) is 12.6. The van der Waals surface area contributed by atoms with Crippen molar-refractivity contribution < 1.29 is 14.3 Å². The Morgan fingerprint density at radius 3 is 2.39 bits per heavy atom. The fourth-order valence-electron chi connectivity index (χ4n) is 5.53. The highest BCUT2D eigenvalue weighted by Crippen LogP contribution is 2.32. The second-order valence-electron chi connectivity index (χ2n) is 12.4. The van der Waals surface area contributed by atoms with Crippen LogP contribution in [0.15, 0.2) is 79.0 Å². The van der Waals surface area contributed by atoms with Crippen LogP contribution in [0.2, 0.25) is 0 Å². The average Bonchev–Trinajstić information content (AvgIpc) is 3.39. The molecular formula is C35H38N8O3. The van der Waals surface area contributed by atoms with Crippen LogP contribution in [0.5, 0.6) is 0 Å². The molecule has 0 atom stereocenters. The SMILES string of the molecule is CC(=O)Nc1cccc(-c2ccc3nc(-c4cccnc4N)n(-c4ccc(CN5CCN(C(=O)OC(C)(C)C)CC5)cc4)c3n2)c1. The molecule has 11 heteroatoms. The summed E-state index contributed by atoms with van der Waals surface area (Å²) in [6.07, 6.45) is 1.40. The Hall–Kier alpha value is -5.29. The van der Waals surface area contributed by atoms with E-state index in [2.05, 4.69) is 39.5 Å². The van der Waals surface area contributed by atoms with Crippen molar-refractivity contribution >= 4 is 34.7 Å². The van der Waals surface area contributed by atoms with Crippen molar-refractivity contribution in [2.75, 3.05) is 37.2 Å². The van der Waals surface area contributed by atoms with Gasteiger partial charge in [0.15, 0.2) is 11.5 Å². The Morgan fingerprint density at radius 1 is 0.935 bits per heavy atom. The molecule has 2 amide bonds. The zero-order chi connectivity index (χ0) is 32.4. The number of benzene rings is 2. The molecule has 11 nitrogen and oxygen atoms in total. The number of nitrogens with zero attached hydrogens (tertiary/aromatic N) is 6. The number of hydrogen-bond donors (Lipinski definition) is 2. The minimum atomic E-state index is -0.505. The van der Waals surface area contributed by atoms with E-state index in [4.69, 9.17) is 20.4 Å². The first-order valence-corrected chi connectivity index (χ1v) is 15.3. The third-order valence-corrected chi connectivity index (χ3v) is 7.69. The van der Waals surface area contributed by atoms with Gasteiger partial charge in [-0.05, 0) is 74.9 Å². The fourth-order valence-corrected chi connectivity index (χ4v) is 5.53. The third kappa shape index (κ3) is 6.84. The van der Waals surface area contributed by atoms with Crippen LogP contribution in [0.3, 0.4) is 0 Å². The standard InChI is InChI=1S/C35H38N8O3/c1-23(44)38-26-8-5-7-25(21-26)29-14-15-30-33(39-29)43(32(40-30)28-9-6-16-37-31(28)36)27-12-10-24(11-13-27)22-41-17-19-42(20-18-41)34(45)46-35(2,3)4/h5-16,21H,17-20,22H2,1-4H3,(H2,36,37)(H,38,44). The highest BCUT2D eigenvalue weighted by atomic mass is 16.6. The molecule has 236 valence electrons. The van der Waals surface area contributed by atoms with Crippen LogP contribution in [-0.4, -0.2) is 73.1 Å². The Kier molecular flexibility index (Phi) is 8.42. The molecule has 0 bridgehead atoms. The number of hydrogen-bond acceptors (Lipinski definition) is 8. The number of nitrogens with two attached hydrogens (primary N) is 1. The Balaban J connectivity index is 1.29. The van der Waals surface area contributed by atoms with Gasteiger partial charge in [-0.15, -0.1) is 0 Å². The molecule has 0 aliphatic carbocycles. The van der Waals surface area contributed by atoms with Crippen molar-refractivity contribution in [2.45, 2.75) is 39.8 Å². The molecule has 3 N–H and O–H groups in total. The number of amides is 2. The Morgan fingerprint density at radius 2 is 1.70 bits per heavy atom. The first kappa shape index (κ1) is 30.7. The molecule has 0 radical (unpaired) electrons. The first-order valence-electron chi connectivity index (χ1n) is 15.3. The molecule has 0 saturated carbocycles. The van der Waals surface area contributed by atoms with Gasteiger partial charge >= 0.3 is 6.09 Å². The van der Waals surface area contributed by atoms with Crippen molar-refractivity contribution in [1.29, 1.82) is 0 Å². The molecule has 5 aromatic rings.